The minimum atomic E-state index is -1.04. The van der Waals surface area contributed by atoms with Gasteiger partial charge in [0.25, 0.3) is 17.5 Å². The summed E-state index contributed by atoms with van der Waals surface area (Å²) in [5, 5.41) is 10.9. The molecule has 2 aromatic rings. The van der Waals surface area contributed by atoms with Gasteiger partial charge >= 0.3 is 5.97 Å². The standard InChI is InChI=1S/C18H15N3O8/c22-16(10-28-18(24)11-5-1-2-6-12(11)21(25)26)19-20-17(23)15-9-27-13-7-3-4-8-14(13)29-15/h1-8,15H,9-10H2,(H,19,22)(H,20,23). The summed E-state index contributed by atoms with van der Waals surface area (Å²) in [7, 11) is 0. The molecule has 0 fully saturated rings. The molecular formula is C18H15N3O8. The number of fused-ring (bicyclic) bond motifs is 1. The molecule has 2 N–H and O–H groups in total. The second kappa shape index (κ2) is 8.69. The fourth-order valence-electron chi connectivity index (χ4n) is 2.41. The fraction of sp³-hybridized carbons (Fsp3) is 0.167. The molecule has 2 aromatic carbocycles. The van der Waals surface area contributed by atoms with E-state index in [1.807, 2.05) is 0 Å². The molecule has 0 saturated heterocycles. The van der Waals surface area contributed by atoms with Gasteiger partial charge in [-0.2, -0.15) is 0 Å². The van der Waals surface area contributed by atoms with Crippen LogP contribution in [-0.2, 0) is 14.3 Å². The molecule has 1 atom stereocenters. The lowest BCUT2D eigenvalue weighted by molar-refractivity contribution is -0.385. The van der Waals surface area contributed by atoms with E-state index in [1.54, 1.807) is 24.3 Å². The van der Waals surface area contributed by atoms with Crippen LogP contribution in [0.4, 0.5) is 5.69 Å². The number of hydrogen-bond donors (Lipinski definition) is 2. The maximum atomic E-state index is 12.1. The first kappa shape index (κ1) is 19.6. The summed E-state index contributed by atoms with van der Waals surface area (Å²) in [6, 6.07) is 12.0. The maximum Gasteiger partial charge on any atom is 0.345 e. The van der Waals surface area contributed by atoms with E-state index in [9.17, 15) is 24.5 Å². The lowest BCUT2D eigenvalue weighted by Crippen LogP contribution is -2.51. The largest absolute Gasteiger partial charge is 0.485 e. The number of carbonyl (C=O) groups excluding carboxylic acids is 3. The van der Waals surface area contributed by atoms with Gasteiger partial charge in [0.15, 0.2) is 18.1 Å². The van der Waals surface area contributed by atoms with Crippen molar-refractivity contribution in [1.82, 2.24) is 10.9 Å². The number of esters is 1. The van der Waals surface area contributed by atoms with Crippen molar-refractivity contribution in [3.05, 3.63) is 64.2 Å². The van der Waals surface area contributed by atoms with Crippen molar-refractivity contribution < 1.29 is 33.5 Å². The monoisotopic (exact) mass is 401 g/mol. The first-order chi connectivity index (χ1) is 14.0. The molecule has 11 nitrogen and oxygen atoms in total. The topological polar surface area (TPSA) is 146 Å². The molecule has 0 aliphatic carbocycles. The highest BCUT2D eigenvalue weighted by Gasteiger charge is 2.27. The highest BCUT2D eigenvalue weighted by molar-refractivity contribution is 5.95. The summed E-state index contributed by atoms with van der Waals surface area (Å²) in [5.41, 5.74) is 3.46. The zero-order valence-corrected chi connectivity index (χ0v) is 14.8. The van der Waals surface area contributed by atoms with Crippen molar-refractivity contribution in [1.29, 1.82) is 0 Å². The Hall–Kier alpha value is -4.15. The normalized spacial score (nSPS) is 14.4. The van der Waals surface area contributed by atoms with Crippen molar-refractivity contribution in [3.8, 4) is 11.5 Å². The minimum absolute atomic E-state index is 0.0502. The summed E-state index contributed by atoms with van der Waals surface area (Å²) >= 11 is 0. The van der Waals surface area contributed by atoms with Crippen LogP contribution in [0.2, 0.25) is 0 Å². The third kappa shape index (κ3) is 4.77. The molecule has 0 radical (unpaired) electrons. The van der Waals surface area contributed by atoms with Crippen LogP contribution in [0.1, 0.15) is 10.4 Å². The third-order valence-electron chi connectivity index (χ3n) is 3.78. The highest BCUT2D eigenvalue weighted by atomic mass is 16.6. The number of hydrazine groups is 1. The molecule has 2 amide bonds. The smallest absolute Gasteiger partial charge is 0.345 e. The maximum absolute atomic E-state index is 12.1. The summed E-state index contributed by atoms with van der Waals surface area (Å²) < 4.78 is 15.6. The van der Waals surface area contributed by atoms with Gasteiger partial charge in [-0.25, -0.2) is 4.79 Å². The molecule has 0 aromatic heterocycles. The van der Waals surface area contributed by atoms with Gasteiger partial charge in [0.1, 0.15) is 12.2 Å². The zero-order valence-electron chi connectivity index (χ0n) is 14.8. The van der Waals surface area contributed by atoms with Crippen LogP contribution in [0.3, 0.4) is 0 Å². The third-order valence-corrected chi connectivity index (χ3v) is 3.78. The van der Waals surface area contributed by atoms with Crippen molar-refractivity contribution in [2.24, 2.45) is 0 Å². The van der Waals surface area contributed by atoms with E-state index in [1.165, 1.54) is 18.2 Å². The zero-order chi connectivity index (χ0) is 20.8. The number of para-hydroxylation sites is 3. The lowest BCUT2D eigenvalue weighted by Gasteiger charge is -2.25. The molecular weight excluding hydrogens is 386 g/mol. The Labute approximate surface area is 163 Å². The molecule has 1 aliphatic rings. The van der Waals surface area contributed by atoms with Gasteiger partial charge in [-0.05, 0) is 18.2 Å². The number of nitrogens with zero attached hydrogens (tertiary/aromatic N) is 1. The molecule has 1 unspecified atom stereocenters. The Balaban J connectivity index is 1.46. The molecule has 150 valence electrons. The van der Waals surface area contributed by atoms with Gasteiger partial charge in [0.2, 0.25) is 6.10 Å². The summed E-state index contributed by atoms with van der Waals surface area (Å²) in [4.78, 5) is 46.0. The van der Waals surface area contributed by atoms with E-state index < -0.39 is 41.1 Å². The van der Waals surface area contributed by atoms with Gasteiger partial charge in [-0.1, -0.05) is 24.3 Å². The Bertz CT molecular complexity index is 962. The van der Waals surface area contributed by atoms with E-state index in [2.05, 4.69) is 10.9 Å². The lowest BCUT2D eigenvalue weighted by atomic mass is 10.2. The number of hydrogen-bond acceptors (Lipinski definition) is 8. The summed E-state index contributed by atoms with van der Waals surface area (Å²) in [5.74, 6) is -1.66. The quantitative estimate of drug-likeness (QED) is 0.424. The van der Waals surface area contributed by atoms with E-state index in [0.717, 1.165) is 6.07 Å². The van der Waals surface area contributed by atoms with Crippen LogP contribution < -0.4 is 20.3 Å². The average molecular weight is 401 g/mol. The molecule has 29 heavy (non-hydrogen) atoms. The van der Waals surface area contributed by atoms with Crippen LogP contribution in [0.25, 0.3) is 0 Å². The molecule has 1 heterocycles. The predicted molar refractivity (Wildman–Crippen MR) is 96.0 cm³/mol. The van der Waals surface area contributed by atoms with Crippen molar-refractivity contribution >= 4 is 23.5 Å². The second-order valence-corrected chi connectivity index (χ2v) is 5.75. The van der Waals surface area contributed by atoms with Gasteiger partial charge < -0.3 is 14.2 Å². The highest BCUT2D eigenvalue weighted by Crippen LogP contribution is 2.30. The van der Waals surface area contributed by atoms with Crippen LogP contribution in [0.15, 0.2) is 48.5 Å². The van der Waals surface area contributed by atoms with Gasteiger partial charge in [-0.15, -0.1) is 0 Å². The van der Waals surface area contributed by atoms with Crippen LogP contribution in [0.5, 0.6) is 11.5 Å². The first-order valence-electron chi connectivity index (χ1n) is 8.33. The Morgan fingerprint density at radius 3 is 2.52 bits per heavy atom. The number of benzene rings is 2. The number of ether oxygens (including phenoxy) is 3. The van der Waals surface area contributed by atoms with Crippen LogP contribution in [-0.4, -0.2) is 42.0 Å². The number of carbonyl (C=O) groups is 3. The summed E-state index contributed by atoms with van der Waals surface area (Å²) in [6.45, 7) is -0.804. The van der Waals surface area contributed by atoms with E-state index >= 15 is 0 Å². The van der Waals surface area contributed by atoms with Gasteiger partial charge in [0, 0.05) is 6.07 Å². The van der Waals surface area contributed by atoms with E-state index in [4.69, 9.17) is 14.2 Å². The predicted octanol–water partition coefficient (Wildman–Crippen LogP) is 0.739. The Morgan fingerprint density at radius 1 is 1.07 bits per heavy atom. The number of nitrogens with one attached hydrogen (secondary N) is 2. The molecule has 0 bridgehead atoms. The number of nitro benzene ring substituents is 1. The van der Waals surface area contributed by atoms with Gasteiger partial charge in [0.05, 0.1) is 4.92 Å². The van der Waals surface area contributed by atoms with Gasteiger partial charge in [-0.3, -0.25) is 30.6 Å². The van der Waals surface area contributed by atoms with E-state index in [-0.39, 0.29) is 12.2 Å². The number of nitro groups is 1. The fourth-order valence-corrected chi connectivity index (χ4v) is 2.41. The Morgan fingerprint density at radius 2 is 1.76 bits per heavy atom. The molecule has 11 heteroatoms. The SMILES string of the molecule is O=C(COC(=O)c1ccccc1[N+](=O)[O-])NNC(=O)C1COc2ccccc2O1. The molecule has 3 rings (SSSR count). The number of rotatable bonds is 5. The minimum Gasteiger partial charge on any atom is -0.485 e. The Kier molecular flexibility index (Phi) is 5.88. The van der Waals surface area contributed by atoms with Crippen molar-refractivity contribution in [3.63, 3.8) is 0 Å². The summed E-state index contributed by atoms with van der Waals surface area (Å²) in [6.07, 6.45) is -0.986. The van der Waals surface area contributed by atoms with Crippen molar-refractivity contribution in [2.45, 2.75) is 6.10 Å². The molecule has 0 spiro atoms. The van der Waals surface area contributed by atoms with Crippen LogP contribution in [0, 0.1) is 10.1 Å². The number of amides is 2. The molecule has 0 saturated carbocycles. The second-order valence-electron chi connectivity index (χ2n) is 5.75. The van der Waals surface area contributed by atoms with E-state index in [0.29, 0.717) is 11.5 Å². The molecule has 1 aliphatic heterocycles. The van der Waals surface area contributed by atoms with Crippen LogP contribution >= 0.6 is 0 Å². The first-order valence-corrected chi connectivity index (χ1v) is 8.33. The van der Waals surface area contributed by atoms with Crippen molar-refractivity contribution in [2.75, 3.05) is 13.2 Å². The average Bonchev–Trinajstić information content (AvgIpc) is 2.75.